The molecule has 2 aliphatic carbocycles. The maximum absolute atomic E-state index is 13.0. The van der Waals surface area contributed by atoms with Gasteiger partial charge < -0.3 is 10.1 Å². The first kappa shape index (κ1) is 24.0. The second-order valence-electron chi connectivity index (χ2n) is 9.66. The number of alkyl carbamates (subject to hydrolysis) is 1. The van der Waals surface area contributed by atoms with Crippen molar-refractivity contribution >= 4 is 37.4 Å². The summed E-state index contributed by atoms with van der Waals surface area (Å²) in [7, 11) is -3.35. The van der Waals surface area contributed by atoms with Gasteiger partial charge in [-0.1, -0.05) is 28.1 Å². The molecule has 1 atom stereocenters. The van der Waals surface area contributed by atoms with Gasteiger partial charge in [0.25, 0.3) is 0 Å². The van der Waals surface area contributed by atoms with Gasteiger partial charge in [0.15, 0.2) is 9.84 Å². The number of hydrogen-bond donors (Lipinski definition) is 1. The van der Waals surface area contributed by atoms with E-state index in [9.17, 15) is 13.2 Å². The van der Waals surface area contributed by atoms with Crippen LogP contribution in [-0.4, -0.2) is 36.4 Å². The van der Waals surface area contributed by atoms with E-state index in [0.717, 1.165) is 47.0 Å². The van der Waals surface area contributed by atoms with Crippen LogP contribution in [0.3, 0.4) is 0 Å². The van der Waals surface area contributed by atoms with Gasteiger partial charge >= 0.3 is 6.09 Å². The second kappa shape index (κ2) is 9.22. The third-order valence-corrected chi connectivity index (χ3v) is 8.54. The van der Waals surface area contributed by atoms with Crippen LogP contribution in [0.5, 0.6) is 0 Å². The lowest BCUT2D eigenvalue weighted by Gasteiger charge is -2.25. The van der Waals surface area contributed by atoms with Crippen LogP contribution in [0.1, 0.15) is 58.6 Å². The first-order valence-electron chi connectivity index (χ1n) is 11.2. The number of ether oxygens (including phenoxy) is 1. The summed E-state index contributed by atoms with van der Waals surface area (Å²) in [6.07, 6.45) is 7.13. The van der Waals surface area contributed by atoms with Crippen molar-refractivity contribution < 1.29 is 17.9 Å². The van der Waals surface area contributed by atoms with Crippen molar-refractivity contribution in [3.63, 3.8) is 0 Å². The zero-order valence-corrected chi connectivity index (χ0v) is 21.5. The third-order valence-electron chi connectivity index (χ3n) is 5.75. The Labute approximate surface area is 203 Å². The number of pyridine rings is 1. The molecule has 176 valence electrons. The molecule has 1 N–H and O–H groups in total. The molecule has 0 aliphatic heterocycles. The molecule has 4 rings (SSSR count). The van der Waals surface area contributed by atoms with Gasteiger partial charge in [-0.2, -0.15) is 0 Å². The number of hydrogen-bond acceptors (Lipinski definition) is 5. The number of allylic oxidation sites excluding steroid dienone is 1. The molecule has 1 heterocycles. The lowest BCUT2D eigenvalue weighted by atomic mass is 9.92. The van der Waals surface area contributed by atoms with Crippen LogP contribution in [0.4, 0.5) is 4.79 Å². The quantitative estimate of drug-likeness (QED) is 0.517. The van der Waals surface area contributed by atoms with E-state index >= 15 is 0 Å². The van der Waals surface area contributed by atoms with Gasteiger partial charge in [-0.3, -0.25) is 4.98 Å². The summed E-state index contributed by atoms with van der Waals surface area (Å²) >= 11 is 3.42. The van der Waals surface area contributed by atoms with Gasteiger partial charge in [0, 0.05) is 22.3 Å². The normalized spacial score (nSPS) is 19.0. The molecule has 1 unspecified atom stereocenters. The largest absolute Gasteiger partial charge is 0.444 e. The maximum Gasteiger partial charge on any atom is 0.407 e. The molecule has 33 heavy (non-hydrogen) atoms. The molecule has 2 aliphatic rings. The van der Waals surface area contributed by atoms with Gasteiger partial charge in [0.1, 0.15) is 5.60 Å². The first-order valence-corrected chi connectivity index (χ1v) is 13.6. The predicted octanol–water partition coefficient (Wildman–Crippen LogP) is 5.91. The number of halogens is 1. The Bertz CT molecular complexity index is 1200. The minimum absolute atomic E-state index is 0.0218. The lowest BCUT2D eigenvalue weighted by molar-refractivity contribution is 0.0502. The van der Waals surface area contributed by atoms with Crippen LogP contribution in [0.25, 0.3) is 16.7 Å². The van der Waals surface area contributed by atoms with Crippen LogP contribution < -0.4 is 5.32 Å². The van der Waals surface area contributed by atoms with Crippen LogP contribution in [0.15, 0.2) is 52.0 Å². The number of amides is 1. The SMILES string of the molecule is CC(C)(C)OC(=O)NC1CC=C(c2cc(-c3ccc(Br)cc3S(=O)(=O)C3CC3)ccn2)CC1. The second-order valence-corrected chi connectivity index (χ2v) is 12.8. The highest BCUT2D eigenvalue weighted by molar-refractivity contribution is 9.10. The minimum Gasteiger partial charge on any atom is -0.444 e. The van der Waals surface area contributed by atoms with E-state index in [2.05, 4.69) is 32.3 Å². The molecule has 8 heteroatoms. The van der Waals surface area contributed by atoms with Crippen molar-refractivity contribution in [1.29, 1.82) is 0 Å². The average Bonchev–Trinajstić information content (AvgIpc) is 3.59. The summed E-state index contributed by atoms with van der Waals surface area (Å²) in [5.74, 6) is 0. The molecular formula is C25H29BrN2O4S. The van der Waals surface area contributed by atoms with E-state index in [1.165, 1.54) is 0 Å². The van der Waals surface area contributed by atoms with Crippen LogP contribution in [-0.2, 0) is 14.6 Å². The lowest BCUT2D eigenvalue weighted by Crippen LogP contribution is -2.39. The number of sulfone groups is 1. The topological polar surface area (TPSA) is 85.4 Å². The molecule has 0 saturated heterocycles. The minimum atomic E-state index is -3.35. The maximum atomic E-state index is 13.0. The Morgan fingerprint density at radius 1 is 1.15 bits per heavy atom. The van der Waals surface area contributed by atoms with Crippen LogP contribution in [0, 0.1) is 0 Å². The Hall–Kier alpha value is -2.19. The van der Waals surface area contributed by atoms with Gasteiger partial charge in [-0.25, -0.2) is 13.2 Å². The molecule has 2 aromatic rings. The summed E-state index contributed by atoms with van der Waals surface area (Å²) in [5, 5.41) is 2.66. The number of carbonyl (C=O) groups is 1. The smallest absolute Gasteiger partial charge is 0.407 e. The fraction of sp³-hybridized carbons (Fsp3) is 0.440. The van der Waals surface area contributed by atoms with E-state index in [-0.39, 0.29) is 11.3 Å². The monoisotopic (exact) mass is 532 g/mol. The molecule has 1 aromatic heterocycles. The van der Waals surface area contributed by atoms with Crippen LogP contribution >= 0.6 is 15.9 Å². The van der Waals surface area contributed by atoms with Crippen molar-refractivity contribution in [1.82, 2.24) is 10.3 Å². The Balaban J connectivity index is 1.54. The molecule has 1 saturated carbocycles. The van der Waals surface area contributed by atoms with E-state index in [1.54, 1.807) is 12.3 Å². The fourth-order valence-corrected chi connectivity index (χ4v) is 6.39. The summed E-state index contributed by atoms with van der Waals surface area (Å²) in [6.45, 7) is 5.53. The number of nitrogens with zero attached hydrogens (tertiary/aromatic N) is 1. The highest BCUT2D eigenvalue weighted by Crippen LogP contribution is 2.39. The standard InChI is InChI=1S/C25H29BrN2O4S/c1-25(2,3)32-24(29)28-19-7-4-16(5-8-19)22-14-17(12-13-27-22)21-11-6-18(26)15-23(21)33(30,31)20-9-10-20/h4,6,11-15,19-20H,5,7-10H2,1-3H3,(H,28,29). The van der Waals surface area contributed by atoms with Crippen molar-refractivity contribution in [2.75, 3.05) is 0 Å². The van der Waals surface area contributed by atoms with Gasteiger partial charge in [0.05, 0.1) is 15.8 Å². The Kier molecular flexibility index (Phi) is 6.69. The summed E-state index contributed by atoms with van der Waals surface area (Å²) in [5.41, 5.74) is 2.95. The average molecular weight is 533 g/mol. The zero-order valence-electron chi connectivity index (χ0n) is 19.1. The molecule has 6 nitrogen and oxygen atoms in total. The van der Waals surface area contributed by atoms with Crippen molar-refractivity contribution in [2.45, 2.75) is 74.7 Å². The molecule has 1 aromatic carbocycles. The fourth-order valence-electron chi connectivity index (χ4n) is 3.97. The summed E-state index contributed by atoms with van der Waals surface area (Å²) < 4.78 is 32.2. The number of nitrogens with one attached hydrogen (secondary N) is 1. The third kappa shape index (κ3) is 5.84. The highest BCUT2D eigenvalue weighted by atomic mass is 79.9. The molecule has 0 bridgehead atoms. The van der Waals surface area contributed by atoms with Gasteiger partial charge in [-0.05, 0) is 88.3 Å². The molecule has 0 radical (unpaired) electrons. The zero-order chi connectivity index (χ0) is 23.8. The molecule has 0 spiro atoms. The molecule has 1 fully saturated rings. The Morgan fingerprint density at radius 2 is 1.91 bits per heavy atom. The van der Waals surface area contributed by atoms with Gasteiger partial charge in [-0.15, -0.1) is 0 Å². The summed E-state index contributed by atoms with van der Waals surface area (Å²) in [4.78, 5) is 17.0. The van der Waals surface area contributed by atoms with Crippen molar-refractivity contribution in [2.24, 2.45) is 0 Å². The predicted molar refractivity (Wildman–Crippen MR) is 133 cm³/mol. The molecular weight excluding hydrogens is 504 g/mol. The number of benzene rings is 1. The van der Waals surface area contributed by atoms with Crippen LogP contribution in [0.2, 0.25) is 0 Å². The number of carbonyl (C=O) groups excluding carboxylic acids is 1. The number of aromatic nitrogens is 1. The highest BCUT2D eigenvalue weighted by Gasteiger charge is 2.38. The number of rotatable bonds is 5. The van der Waals surface area contributed by atoms with Gasteiger partial charge in [0.2, 0.25) is 0 Å². The Morgan fingerprint density at radius 3 is 2.55 bits per heavy atom. The molecule has 1 amide bonds. The van der Waals surface area contributed by atoms with E-state index in [0.29, 0.717) is 16.9 Å². The van der Waals surface area contributed by atoms with E-state index in [4.69, 9.17) is 4.74 Å². The summed E-state index contributed by atoms with van der Waals surface area (Å²) in [6, 6.07) is 9.27. The van der Waals surface area contributed by atoms with E-state index < -0.39 is 21.5 Å². The van der Waals surface area contributed by atoms with E-state index in [1.807, 2.05) is 45.0 Å². The van der Waals surface area contributed by atoms with Crippen molar-refractivity contribution in [3.05, 3.63) is 52.8 Å². The first-order chi connectivity index (χ1) is 15.5. The van der Waals surface area contributed by atoms with Crippen molar-refractivity contribution in [3.8, 4) is 11.1 Å².